The lowest BCUT2D eigenvalue weighted by Gasteiger charge is -2.32. The maximum absolute atomic E-state index is 12.3. The molecule has 0 aromatic carbocycles. The number of nitrogens with zero attached hydrogens (tertiary/aromatic N) is 3. The van der Waals surface area contributed by atoms with Crippen LogP contribution in [0.1, 0.15) is 19.3 Å². The second-order valence-corrected chi connectivity index (χ2v) is 5.48. The Morgan fingerprint density at radius 1 is 1.43 bits per heavy atom. The summed E-state index contributed by atoms with van der Waals surface area (Å²) in [6.07, 6.45) is 3.99. The summed E-state index contributed by atoms with van der Waals surface area (Å²) >= 11 is 0. The van der Waals surface area contributed by atoms with Crippen molar-refractivity contribution in [3.63, 3.8) is 0 Å². The molecule has 116 valence electrons. The van der Waals surface area contributed by atoms with Crippen molar-refractivity contribution in [3.8, 4) is 0 Å². The molecule has 1 unspecified atom stereocenters. The van der Waals surface area contributed by atoms with Crippen LogP contribution in [0.4, 0.5) is 0 Å². The highest BCUT2D eigenvalue weighted by atomic mass is 16.3. The molecule has 1 N–H and O–H groups in total. The van der Waals surface area contributed by atoms with E-state index in [0.29, 0.717) is 25.4 Å². The largest absolute Gasteiger partial charge is 0.396 e. The van der Waals surface area contributed by atoms with Crippen molar-refractivity contribution in [2.24, 2.45) is 13.0 Å². The van der Waals surface area contributed by atoms with E-state index >= 15 is 0 Å². The lowest BCUT2D eigenvalue weighted by molar-refractivity contribution is -0.133. The van der Waals surface area contributed by atoms with Gasteiger partial charge in [0.2, 0.25) is 5.91 Å². The molecule has 7 heteroatoms. The number of carbonyl (C=O) groups excluding carboxylic acids is 1. The molecule has 0 radical (unpaired) electrons. The predicted octanol–water partition coefficient (Wildman–Crippen LogP) is -0.832. The topological polar surface area (TPSA) is 84.5 Å². The van der Waals surface area contributed by atoms with Crippen molar-refractivity contribution in [1.82, 2.24) is 14.0 Å². The zero-order valence-corrected chi connectivity index (χ0v) is 12.2. The molecule has 1 aromatic rings. The van der Waals surface area contributed by atoms with Crippen LogP contribution in [0.2, 0.25) is 0 Å². The van der Waals surface area contributed by atoms with Gasteiger partial charge in [0.1, 0.15) is 6.54 Å². The fourth-order valence-corrected chi connectivity index (χ4v) is 2.69. The van der Waals surface area contributed by atoms with Gasteiger partial charge in [-0.1, -0.05) is 0 Å². The summed E-state index contributed by atoms with van der Waals surface area (Å²) in [6.45, 7) is 1.38. The van der Waals surface area contributed by atoms with E-state index in [1.807, 2.05) is 0 Å². The number of piperidine rings is 1. The van der Waals surface area contributed by atoms with E-state index in [-0.39, 0.29) is 24.6 Å². The van der Waals surface area contributed by atoms with E-state index < -0.39 is 5.69 Å². The molecular formula is C14H21N3O4. The molecular weight excluding hydrogens is 274 g/mol. The van der Waals surface area contributed by atoms with Crippen molar-refractivity contribution in [1.29, 1.82) is 0 Å². The molecule has 1 aromatic heterocycles. The average molecular weight is 295 g/mol. The van der Waals surface area contributed by atoms with Crippen molar-refractivity contribution in [2.45, 2.75) is 25.8 Å². The molecule has 0 saturated carbocycles. The first-order chi connectivity index (χ1) is 10.0. The maximum atomic E-state index is 12.3. The van der Waals surface area contributed by atoms with Crippen LogP contribution in [-0.4, -0.2) is 44.7 Å². The second kappa shape index (κ2) is 6.71. The number of rotatable bonds is 4. The molecule has 0 aliphatic carbocycles. The Morgan fingerprint density at radius 2 is 2.19 bits per heavy atom. The highest BCUT2D eigenvalue weighted by Crippen LogP contribution is 2.19. The van der Waals surface area contributed by atoms with Crippen molar-refractivity contribution in [3.05, 3.63) is 33.1 Å². The average Bonchev–Trinajstić information content (AvgIpc) is 2.48. The lowest BCUT2D eigenvalue weighted by Crippen LogP contribution is -2.44. The Hall–Kier alpha value is -1.89. The highest BCUT2D eigenvalue weighted by molar-refractivity contribution is 5.76. The van der Waals surface area contributed by atoms with Crippen LogP contribution in [-0.2, 0) is 18.4 Å². The third-order valence-electron chi connectivity index (χ3n) is 3.97. The van der Waals surface area contributed by atoms with Crippen LogP contribution in [0.5, 0.6) is 0 Å². The van der Waals surface area contributed by atoms with E-state index in [1.54, 1.807) is 4.90 Å². The number of likely N-dealkylation sites (tertiary alicyclic amines) is 1. The Morgan fingerprint density at radius 3 is 2.90 bits per heavy atom. The van der Waals surface area contributed by atoms with E-state index in [0.717, 1.165) is 17.4 Å². The summed E-state index contributed by atoms with van der Waals surface area (Å²) in [5, 5.41) is 8.99. The number of aliphatic hydroxyl groups is 1. The Labute approximate surface area is 122 Å². The number of amides is 1. The highest BCUT2D eigenvalue weighted by Gasteiger charge is 2.23. The van der Waals surface area contributed by atoms with Crippen LogP contribution in [0.3, 0.4) is 0 Å². The fraction of sp³-hybridized carbons (Fsp3) is 0.643. The molecule has 1 amide bonds. The van der Waals surface area contributed by atoms with Crippen LogP contribution < -0.4 is 11.2 Å². The van der Waals surface area contributed by atoms with Gasteiger partial charge in [-0.2, -0.15) is 0 Å². The molecule has 1 aliphatic rings. The molecule has 21 heavy (non-hydrogen) atoms. The van der Waals surface area contributed by atoms with Gasteiger partial charge in [-0.15, -0.1) is 0 Å². The van der Waals surface area contributed by atoms with Gasteiger partial charge in [0.05, 0.1) is 0 Å². The van der Waals surface area contributed by atoms with Gasteiger partial charge < -0.3 is 10.0 Å². The van der Waals surface area contributed by atoms with Gasteiger partial charge in [0.25, 0.3) is 5.56 Å². The summed E-state index contributed by atoms with van der Waals surface area (Å²) in [7, 11) is 1.39. The SMILES string of the molecule is Cn1c(=O)ccn(CC(=O)N2CCCC(CCO)C2)c1=O. The molecule has 1 atom stereocenters. The van der Waals surface area contributed by atoms with Gasteiger partial charge in [-0.25, -0.2) is 4.79 Å². The first-order valence-electron chi connectivity index (χ1n) is 7.18. The van der Waals surface area contributed by atoms with Crippen molar-refractivity contribution in [2.75, 3.05) is 19.7 Å². The van der Waals surface area contributed by atoms with Crippen LogP contribution >= 0.6 is 0 Å². The van der Waals surface area contributed by atoms with E-state index in [4.69, 9.17) is 5.11 Å². The molecule has 2 rings (SSSR count). The number of hydrogen-bond donors (Lipinski definition) is 1. The normalized spacial score (nSPS) is 18.8. The molecule has 0 spiro atoms. The summed E-state index contributed by atoms with van der Waals surface area (Å²) in [5.41, 5.74) is -0.871. The van der Waals surface area contributed by atoms with E-state index in [2.05, 4.69) is 0 Å². The molecule has 1 saturated heterocycles. The summed E-state index contributed by atoms with van der Waals surface area (Å²) in [5.74, 6) is 0.197. The third kappa shape index (κ3) is 3.60. The van der Waals surface area contributed by atoms with Gasteiger partial charge in [0.15, 0.2) is 0 Å². The zero-order chi connectivity index (χ0) is 15.4. The van der Waals surface area contributed by atoms with Gasteiger partial charge in [0, 0.05) is 39.0 Å². The lowest BCUT2D eigenvalue weighted by atomic mass is 9.95. The molecule has 0 bridgehead atoms. The summed E-state index contributed by atoms with van der Waals surface area (Å²) in [6, 6.07) is 1.28. The Bertz CT molecular complexity index is 617. The molecule has 1 fully saturated rings. The molecule has 7 nitrogen and oxygen atoms in total. The number of aromatic nitrogens is 2. The van der Waals surface area contributed by atoms with Crippen LogP contribution in [0, 0.1) is 5.92 Å². The molecule has 2 heterocycles. The van der Waals surface area contributed by atoms with Gasteiger partial charge >= 0.3 is 5.69 Å². The summed E-state index contributed by atoms with van der Waals surface area (Å²) in [4.78, 5) is 37.2. The zero-order valence-electron chi connectivity index (χ0n) is 12.2. The first-order valence-corrected chi connectivity index (χ1v) is 7.18. The minimum absolute atomic E-state index is 0.0567. The second-order valence-electron chi connectivity index (χ2n) is 5.48. The number of carbonyl (C=O) groups is 1. The number of aliphatic hydroxyl groups excluding tert-OH is 1. The first kappa shape index (κ1) is 15.5. The van der Waals surface area contributed by atoms with Gasteiger partial charge in [-0.05, 0) is 25.2 Å². The van der Waals surface area contributed by atoms with Crippen LogP contribution in [0.25, 0.3) is 0 Å². The van der Waals surface area contributed by atoms with Gasteiger partial charge in [-0.3, -0.25) is 18.7 Å². The van der Waals surface area contributed by atoms with E-state index in [1.165, 1.54) is 23.9 Å². The maximum Gasteiger partial charge on any atom is 0.331 e. The Kier molecular flexibility index (Phi) is 4.95. The van der Waals surface area contributed by atoms with Crippen LogP contribution in [0.15, 0.2) is 21.9 Å². The minimum atomic E-state index is -0.486. The monoisotopic (exact) mass is 295 g/mol. The minimum Gasteiger partial charge on any atom is -0.396 e. The fourth-order valence-electron chi connectivity index (χ4n) is 2.69. The van der Waals surface area contributed by atoms with Crippen molar-refractivity contribution < 1.29 is 9.90 Å². The Balaban J connectivity index is 2.06. The predicted molar refractivity (Wildman–Crippen MR) is 76.9 cm³/mol. The summed E-state index contributed by atoms with van der Waals surface area (Å²) < 4.78 is 2.23. The van der Waals surface area contributed by atoms with Crippen molar-refractivity contribution >= 4 is 5.91 Å². The van der Waals surface area contributed by atoms with E-state index in [9.17, 15) is 14.4 Å². The smallest absolute Gasteiger partial charge is 0.331 e. The quantitative estimate of drug-likeness (QED) is 0.785. The standard InChI is InChI=1S/C14H21N3O4/c1-15-12(19)4-7-17(14(15)21)10-13(20)16-6-2-3-11(9-16)5-8-18/h4,7,11,18H,2-3,5-6,8-10H2,1H3. The number of hydrogen-bond acceptors (Lipinski definition) is 4. The third-order valence-corrected chi connectivity index (χ3v) is 3.97. The molecule has 1 aliphatic heterocycles.